The molecule has 0 aliphatic carbocycles. The van der Waals surface area contributed by atoms with E-state index >= 15 is 0 Å². The fraction of sp³-hybridized carbons (Fsp3) is 0.600. The summed E-state index contributed by atoms with van der Waals surface area (Å²) < 4.78 is 45.2. The molecule has 0 aromatic carbocycles. The molecule has 0 saturated carbocycles. The van der Waals surface area contributed by atoms with Crippen LogP contribution in [0.2, 0.25) is 0 Å². The van der Waals surface area contributed by atoms with Gasteiger partial charge in [0.2, 0.25) is 0 Å². The molecule has 10 N–H and O–H groups in total. The number of nitrogens with two attached hydrogens (primary N) is 3. The predicted molar refractivity (Wildman–Crippen MR) is 233 cm³/mol. The Hall–Kier alpha value is -3.26. The van der Waals surface area contributed by atoms with E-state index in [1.54, 1.807) is 31.0 Å². The number of ether oxygens (including phenoxy) is 3. The third kappa shape index (κ3) is 8.65. The minimum atomic E-state index is -4.03. The number of imidazole rings is 1. The van der Waals surface area contributed by atoms with E-state index in [0.717, 1.165) is 0 Å². The average molecular weight is 941 g/mol. The molecule has 4 aromatic heterocycles. The van der Waals surface area contributed by atoms with Crippen molar-refractivity contribution in [2.75, 3.05) is 30.4 Å². The highest BCUT2D eigenvalue weighted by atomic mass is 32.7. The third-order valence-corrected chi connectivity index (χ3v) is 15.2. The van der Waals surface area contributed by atoms with Crippen LogP contribution >= 0.6 is 38.8 Å². The first-order valence-corrected chi connectivity index (χ1v) is 25.3. The highest BCUT2D eigenvalue weighted by Gasteiger charge is 2.57. The van der Waals surface area contributed by atoms with Gasteiger partial charge in [-0.2, -0.15) is 32.9 Å². The Morgan fingerprint density at radius 1 is 0.855 bits per heavy atom. The number of aromatic amines is 1. The maximum atomic E-state index is 12.5. The van der Waals surface area contributed by atoms with Crippen molar-refractivity contribution in [3.05, 3.63) is 46.4 Å². The van der Waals surface area contributed by atoms with Gasteiger partial charge >= 0.3 is 20.0 Å². The van der Waals surface area contributed by atoms with Gasteiger partial charge in [-0.1, -0.05) is 27.7 Å². The van der Waals surface area contributed by atoms with E-state index in [4.69, 9.17) is 49.5 Å². The normalized spacial score (nSPS) is 33.9. The number of rotatable bonds is 14. The molecule has 0 radical (unpaired) electrons. The van der Waals surface area contributed by atoms with E-state index in [9.17, 15) is 19.7 Å². The first-order valence-electron chi connectivity index (χ1n) is 19.8. The molecule has 27 heteroatoms. The zero-order chi connectivity index (χ0) is 44.4. The summed E-state index contributed by atoms with van der Waals surface area (Å²) in [6.45, 7) is 8.44. The van der Waals surface area contributed by atoms with Crippen LogP contribution in [0.15, 0.2) is 28.8 Å². The Morgan fingerprint density at radius 2 is 1.52 bits per heavy atom. The number of nitrogens with one attached hydrogen (secondary N) is 1. The number of aliphatic hydroxyl groups is 1. The smallest absolute Gasteiger partial charge is 0.390 e. The van der Waals surface area contributed by atoms with E-state index in [0.29, 0.717) is 40.2 Å². The number of hydrogen-bond donors (Lipinski definition) is 9. The number of aromatic nitrogens is 8. The first-order chi connectivity index (χ1) is 29.4. The molecule has 336 valence electrons. The molecule has 62 heavy (non-hydrogen) atoms. The molecule has 6 unspecified atom stereocenters. The lowest BCUT2D eigenvalue weighted by Gasteiger charge is -2.24. The second kappa shape index (κ2) is 17.6. The molecular weight excluding hydrogens is 891 g/mol. The Kier molecular flexibility index (Phi) is 12.9. The zero-order valence-corrected chi connectivity index (χ0v) is 37.7. The summed E-state index contributed by atoms with van der Waals surface area (Å²) in [5.41, 5.74) is 20.1. The van der Waals surface area contributed by atoms with Crippen molar-refractivity contribution >= 4 is 79.3 Å². The summed E-state index contributed by atoms with van der Waals surface area (Å²) in [6, 6.07) is 0. The summed E-state index contributed by atoms with van der Waals surface area (Å²) in [5.74, 6) is -1.29. The lowest BCUT2D eigenvalue weighted by atomic mass is 9.88. The number of fused-ring (bicyclic) bond motifs is 2. The van der Waals surface area contributed by atoms with Gasteiger partial charge in [0.1, 0.15) is 79.6 Å². The number of nitrogen functional groups attached to an aromatic ring is 3. The molecule has 0 amide bonds. The van der Waals surface area contributed by atoms with Gasteiger partial charge in [-0.25, -0.2) is 29.7 Å². The van der Waals surface area contributed by atoms with Crippen molar-refractivity contribution in [1.82, 2.24) is 39.5 Å². The van der Waals surface area contributed by atoms with Crippen molar-refractivity contribution in [2.45, 2.75) is 102 Å². The van der Waals surface area contributed by atoms with E-state index < -0.39 is 86.9 Å². The second-order valence-electron chi connectivity index (χ2n) is 15.8. The van der Waals surface area contributed by atoms with Gasteiger partial charge in [0.05, 0.1) is 66.4 Å². The number of nitrogens with zero attached hydrogens (tertiary/aromatic N) is 8. The summed E-state index contributed by atoms with van der Waals surface area (Å²) in [5, 5.41) is 11.2. The molecule has 4 aromatic rings. The van der Waals surface area contributed by atoms with Crippen LogP contribution < -0.4 is 22.9 Å². The molecule has 23 nitrogen and oxygen atoms in total. The van der Waals surface area contributed by atoms with Crippen LogP contribution in [-0.2, 0) is 32.3 Å². The number of H-pyrrole nitrogens is 1. The monoisotopic (exact) mass is 940 g/mol. The minimum absolute atomic E-state index is 0.00420. The summed E-state index contributed by atoms with van der Waals surface area (Å²) in [6.07, 6.45) is -0.654. The number of anilines is 3. The molecule has 8 rings (SSSR count). The van der Waals surface area contributed by atoms with Crippen LogP contribution in [-0.4, -0.2) is 117 Å². The van der Waals surface area contributed by atoms with Gasteiger partial charge in [0.15, 0.2) is 17.3 Å². The zero-order valence-electron chi connectivity index (χ0n) is 34.1. The van der Waals surface area contributed by atoms with Gasteiger partial charge in [-0.15, -0.1) is 0 Å². The van der Waals surface area contributed by atoms with Crippen molar-refractivity contribution in [3.63, 3.8) is 0 Å². The van der Waals surface area contributed by atoms with Crippen LogP contribution in [0.25, 0.3) is 11.2 Å². The number of hydrogen-bond acceptors (Lipinski definition) is 23. The van der Waals surface area contributed by atoms with Crippen molar-refractivity contribution in [3.8, 4) is 0 Å². The maximum absolute atomic E-state index is 12.5. The molecule has 3 fully saturated rings. The molecule has 4 aliphatic heterocycles. The fourth-order valence-electron chi connectivity index (χ4n) is 8.59. The van der Waals surface area contributed by atoms with Gasteiger partial charge < -0.3 is 41.5 Å². The maximum Gasteiger partial charge on any atom is 0.475 e. The molecule has 4 aliphatic rings. The Morgan fingerprint density at radius 3 is 2.23 bits per heavy atom. The molecule has 0 bridgehead atoms. The standard InChI is InChI=1S/C35H49N12O11P2S2/c1-6-18-28(16(5)34(56-18)47-12-44-24-32(38)42-11-43-33(24)47)58-60(51,62)53-9-20-27(15(4)29(55-20)21-13(2)30(36)46-35(49)45-21)57-59(50,61)52-8-19-25(48)14(3)26(54-19)17-7-39-23-22(17)40-10-41-31(23)37/h7,10-12,14-20,25-29,34,48,50-51,61-62H,6,8-9H2,1-5H3,(H6-,36,37,38,40,41,42,43,45,46,49)/q+1/p+1/t14-,15-,16-,17?,18+,19+,20+,25?,26+,27?,28?,29+,34+,59?,60?/m0/s1. The number of thiol groups is 2. The molecule has 15 atom stereocenters. The van der Waals surface area contributed by atoms with Crippen LogP contribution in [0.4, 0.5) is 23.1 Å². The molecule has 3 saturated heterocycles. The Labute approximate surface area is 366 Å². The predicted octanol–water partition coefficient (Wildman–Crippen LogP) is 2.74. The molecule has 0 spiro atoms. The summed E-state index contributed by atoms with van der Waals surface area (Å²) in [4.78, 5) is 67.6. The summed E-state index contributed by atoms with van der Waals surface area (Å²) in [7, 11) is -7.96. The molecule has 8 heterocycles. The van der Waals surface area contributed by atoms with Crippen molar-refractivity contribution in [2.24, 2.45) is 22.7 Å². The minimum Gasteiger partial charge on any atom is -0.390 e. The highest BCUT2D eigenvalue weighted by molar-refractivity contribution is 8.47. The first kappa shape index (κ1) is 45.3. The Bertz CT molecular complexity index is 2380. The van der Waals surface area contributed by atoms with E-state index in [1.807, 2.05) is 20.8 Å². The van der Waals surface area contributed by atoms with E-state index in [2.05, 4.69) is 64.4 Å². The van der Waals surface area contributed by atoms with Crippen LogP contribution in [0, 0.1) is 24.7 Å². The average Bonchev–Trinajstić information content (AvgIpc) is 4.04. The lowest BCUT2D eigenvalue weighted by molar-refractivity contribution is -0.0364. The van der Waals surface area contributed by atoms with Gasteiger partial charge in [0.25, 0.3) is 0 Å². The van der Waals surface area contributed by atoms with Gasteiger partial charge in [-0.05, 0) is 13.3 Å². The number of aliphatic imine (C=N–C) groups is 1. The Balaban J connectivity index is 0.964. The summed E-state index contributed by atoms with van der Waals surface area (Å²) >= 11 is 8.89. The largest absolute Gasteiger partial charge is 0.475 e. The molecular formula is C35H50N12O11P2S2+2. The topological polar surface area (TPSA) is 331 Å². The quantitative estimate of drug-likeness (QED) is 0.0648. The van der Waals surface area contributed by atoms with Gasteiger partial charge in [-0.3, -0.25) is 9.56 Å². The highest BCUT2D eigenvalue weighted by Crippen LogP contribution is 2.67. The van der Waals surface area contributed by atoms with E-state index in [-0.39, 0.29) is 42.5 Å². The SMILES string of the molecule is CC[C@H]1O[C@@H](n2cnc3c(N)ncnc32)[C@@H](C)C1O[P+](O)(S)OC[C@H]1O[C@@H](c2[nH]c(=O)nc(N)c2C)[C@@H](C)C1O[P+](O)(S)OC[C@H]1O[C@@H](C2C=Nc3c(N)ncnc32)[C@@H](C)C1O. The van der Waals surface area contributed by atoms with Gasteiger partial charge in [0, 0.05) is 29.5 Å². The lowest BCUT2D eigenvalue weighted by Crippen LogP contribution is -2.34. The van der Waals surface area contributed by atoms with Crippen LogP contribution in [0.5, 0.6) is 0 Å². The third-order valence-electron chi connectivity index (χ3n) is 11.9. The van der Waals surface area contributed by atoms with Crippen LogP contribution in [0.3, 0.4) is 0 Å². The van der Waals surface area contributed by atoms with Crippen LogP contribution in [0.1, 0.15) is 69.3 Å². The van der Waals surface area contributed by atoms with Crippen molar-refractivity contribution < 1.29 is 47.2 Å². The van der Waals surface area contributed by atoms with E-state index in [1.165, 1.54) is 12.7 Å². The van der Waals surface area contributed by atoms with Crippen molar-refractivity contribution in [1.29, 1.82) is 0 Å². The second-order valence-corrected chi connectivity index (χ2v) is 21.8. The number of aliphatic hydroxyl groups excluding tert-OH is 1. The fourth-order valence-corrected chi connectivity index (χ4v) is 11.7.